The summed E-state index contributed by atoms with van der Waals surface area (Å²) in [6, 6.07) is 7.93. The third-order valence-electron chi connectivity index (χ3n) is 3.03. The number of amides is 2. The molecule has 0 saturated heterocycles. The van der Waals surface area contributed by atoms with Crippen molar-refractivity contribution in [3.63, 3.8) is 0 Å². The Morgan fingerprint density at radius 3 is 2.65 bits per heavy atom. The van der Waals surface area contributed by atoms with Crippen molar-refractivity contribution in [1.82, 2.24) is 10.9 Å². The SMILES string of the molecule is CC(C)CCOC(=O)NNC(=O)c1ccccc1N/N=C(\C#N)C(=N)N. The summed E-state index contributed by atoms with van der Waals surface area (Å²) in [6.07, 6.45) is -0.0606. The number of carbonyl (C=O) groups is 2. The molecule has 10 nitrogen and oxygen atoms in total. The summed E-state index contributed by atoms with van der Waals surface area (Å²) in [6.45, 7) is 4.24. The van der Waals surface area contributed by atoms with Gasteiger partial charge in [0.15, 0.2) is 5.84 Å². The highest BCUT2D eigenvalue weighted by molar-refractivity contribution is 6.45. The maximum Gasteiger partial charge on any atom is 0.426 e. The first kappa shape index (κ1) is 20.4. The molecule has 0 heterocycles. The molecule has 0 bridgehead atoms. The standard InChI is InChI=1S/C16H21N7O3/c1-10(2)7-8-26-16(25)23-22-15(24)11-5-3-4-6-12(11)20-21-13(9-17)14(18)19/h3-6,10,20H,7-8H2,1-2H3,(H3,18,19)(H,22,24)(H,23,25)/b21-13+. The van der Waals surface area contributed by atoms with Crippen LogP contribution in [0.25, 0.3) is 0 Å². The third kappa shape index (κ3) is 6.88. The van der Waals surface area contributed by atoms with E-state index in [0.29, 0.717) is 12.3 Å². The Labute approximate surface area is 150 Å². The van der Waals surface area contributed by atoms with Crippen molar-refractivity contribution in [1.29, 1.82) is 10.7 Å². The maximum absolute atomic E-state index is 12.2. The van der Waals surface area contributed by atoms with Gasteiger partial charge in [0.2, 0.25) is 5.71 Å². The predicted molar refractivity (Wildman–Crippen MR) is 96.4 cm³/mol. The highest BCUT2D eigenvalue weighted by Crippen LogP contribution is 2.14. The van der Waals surface area contributed by atoms with Crippen LogP contribution in [0.15, 0.2) is 29.4 Å². The molecule has 6 N–H and O–H groups in total. The Morgan fingerprint density at radius 1 is 1.35 bits per heavy atom. The van der Waals surface area contributed by atoms with Gasteiger partial charge >= 0.3 is 6.09 Å². The van der Waals surface area contributed by atoms with Gasteiger partial charge in [0.25, 0.3) is 5.91 Å². The number of benzene rings is 1. The van der Waals surface area contributed by atoms with Gasteiger partial charge in [0, 0.05) is 0 Å². The number of carbonyl (C=O) groups excluding carboxylic acids is 2. The van der Waals surface area contributed by atoms with E-state index in [1.807, 2.05) is 13.8 Å². The lowest BCUT2D eigenvalue weighted by atomic mass is 10.1. The maximum atomic E-state index is 12.2. The van der Waals surface area contributed by atoms with E-state index in [2.05, 4.69) is 21.4 Å². The quantitative estimate of drug-likeness (QED) is 0.280. The summed E-state index contributed by atoms with van der Waals surface area (Å²) < 4.78 is 4.91. The molecule has 1 aromatic rings. The molecule has 0 aliphatic heterocycles. The summed E-state index contributed by atoms with van der Waals surface area (Å²) in [4.78, 5) is 23.7. The van der Waals surface area contributed by atoms with Crippen LogP contribution in [0.5, 0.6) is 0 Å². The van der Waals surface area contributed by atoms with Gasteiger partial charge in [-0.2, -0.15) is 10.4 Å². The molecule has 26 heavy (non-hydrogen) atoms. The van der Waals surface area contributed by atoms with Gasteiger partial charge in [0.1, 0.15) is 6.07 Å². The summed E-state index contributed by atoms with van der Waals surface area (Å²) >= 11 is 0. The number of nitriles is 1. The molecule has 0 saturated carbocycles. The van der Waals surface area contributed by atoms with Gasteiger partial charge < -0.3 is 10.5 Å². The van der Waals surface area contributed by atoms with Gasteiger partial charge in [-0.05, 0) is 24.5 Å². The smallest absolute Gasteiger partial charge is 0.426 e. The number of nitrogens with one attached hydrogen (secondary N) is 4. The fourth-order valence-corrected chi connectivity index (χ4v) is 1.64. The highest BCUT2D eigenvalue weighted by atomic mass is 16.6. The first-order chi connectivity index (χ1) is 12.3. The minimum Gasteiger partial charge on any atom is -0.448 e. The first-order valence-electron chi connectivity index (χ1n) is 7.75. The first-order valence-corrected chi connectivity index (χ1v) is 7.75. The minimum absolute atomic E-state index is 0.152. The second-order valence-electron chi connectivity index (χ2n) is 5.54. The number of nitrogens with two attached hydrogens (primary N) is 1. The van der Waals surface area contributed by atoms with Crippen LogP contribution in [0, 0.1) is 22.7 Å². The Bertz CT molecular complexity index is 738. The zero-order chi connectivity index (χ0) is 19.5. The zero-order valence-corrected chi connectivity index (χ0v) is 14.5. The van der Waals surface area contributed by atoms with Crippen LogP contribution in [-0.2, 0) is 4.74 Å². The minimum atomic E-state index is -0.772. The Hall–Kier alpha value is -3.61. The number of hydrazine groups is 1. The molecule has 0 aliphatic carbocycles. The number of anilines is 1. The molecule has 0 aliphatic rings. The van der Waals surface area contributed by atoms with E-state index in [4.69, 9.17) is 21.1 Å². The van der Waals surface area contributed by atoms with Crippen molar-refractivity contribution in [3.8, 4) is 6.07 Å². The van der Waals surface area contributed by atoms with Gasteiger partial charge in [-0.15, -0.1) is 0 Å². The summed E-state index contributed by atoms with van der Waals surface area (Å²) in [5.74, 6) is -0.734. The lowest BCUT2D eigenvalue weighted by Crippen LogP contribution is -2.42. The number of hydrogen-bond donors (Lipinski definition) is 5. The lowest BCUT2D eigenvalue weighted by Gasteiger charge is -2.11. The molecule has 2 amide bonds. The number of hydrogen-bond acceptors (Lipinski definition) is 7. The second-order valence-corrected chi connectivity index (χ2v) is 5.54. The van der Waals surface area contributed by atoms with Crippen molar-refractivity contribution in [2.24, 2.45) is 16.8 Å². The number of ether oxygens (including phenoxy) is 1. The molecular formula is C16H21N7O3. The van der Waals surface area contributed by atoms with E-state index in [0.717, 1.165) is 0 Å². The van der Waals surface area contributed by atoms with Crippen molar-refractivity contribution < 1.29 is 14.3 Å². The molecule has 0 aromatic heterocycles. The van der Waals surface area contributed by atoms with Gasteiger partial charge in [-0.25, -0.2) is 10.2 Å². The highest BCUT2D eigenvalue weighted by Gasteiger charge is 2.12. The van der Waals surface area contributed by atoms with E-state index in [1.165, 1.54) is 12.1 Å². The molecular weight excluding hydrogens is 338 g/mol. The van der Waals surface area contributed by atoms with E-state index in [-0.39, 0.29) is 23.6 Å². The second kappa shape index (κ2) is 10.3. The summed E-state index contributed by atoms with van der Waals surface area (Å²) in [5.41, 5.74) is 12.1. The molecule has 138 valence electrons. The average Bonchev–Trinajstić information content (AvgIpc) is 2.60. The molecule has 0 spiro atoms. The molecule has 10 heteroatoms. The van der Waals surface area contributed by atoms with Crippen LogP contribution < -0.4 is 22.0 Å². The van der Waals surface area contributed by atoms with Crippen LogP contribution >= 0.6 is 0 Å². The average molecular weight is 359 g/mol. The fraction of sp³-hybridized carbons (Fsp3) is 0.312. The fourth-order valence-electron chi connectivity index (χ4n) is 1.64. The molecule has 0 fully saturated rings. The van der Waals surface area contributed by atoms with Crippen LogP contribution in [0.3, 0.4) is 0 Å². The molecule has 1 aromatic carbocycles. The van der Waals surface area contributed by atoms with Crippen molar-refractivity contribution in [2.75, 3.05) is 12.0 Å². The molecule has 0 unspecified atom stereocenters. The number of nitrogens with zero attached hydrogens (tertiary/aromatic N) is 2. The van der Waals surface area contributed by atoms with Crippen LogP contribution in [0.2, 0.25) is 0 Å². The number of rotatable bonds is 7. The van der Waals surface area contributed by atoms with Gasteiger partial charge in [-0.1, -0.05) is 26.0 Å². The molecule has 0 radical (unpaired) electrons. The van der Waals surface area contributed by atoms with E-state index < -0.39 is 17.8 Å². The van der Waals surface area contributed by atoms with Crippen molar-refractivity contribution in [2.45, 2.75) is 20.3 Å². The van der Waals surface area contributed by atoms with Gasteiger partial charge in [-0.3, -0.25) is 21.1 Å². The zero-order valence-electron chi connectivity index (χ0n) is 14.5. The van der Waals surface area contributed by atoms with E-state index >= 15 is 0 Å². The number of amidine groups is 1. The van der Waals surface area contributed by atoms with E-state index in [1.54, 1.807) is 18.2 Å². The van der Waals surface area contributed by atoms with Gasteiger partial charge in [0.05, 0.1) is 17.9 Å². The van der Waals surface area contributed by atoms with Crippen molar-refractivity contribution in [3.05, 3.63) is 29.8 Å². The summed E-state index contributed by atoms with van der Waals surface area (Å²) in [5, 5.41) is 19.7. The van der Waals surface area contributed by atoms with Crippen LogP contribution in [0.1, 0.15) is 30.6 Å². The normalized spacial score (nSPS) is 10.6. The Morgan fingerprint density at radius 2 is 2.04 bits per heavy atom. The Kier molecular flexibility index (Phi) is 8.09. The number of hydrazone groups is 1. The lowest BCUT2D eigenvalue weighted by molar-refractivity contribution is 0.0907. The topological polar surface area (TPSA) is 165 Å². The monoisotopic (exact) mass is 359 g/mol. The third-order valence-corrected chi connectivity index (χ3v) is 3.03. The molecule has 1 rings (SSSR count). The largest absolute Gasteiger partial charge is 0.448 e. The van der Waals surface area contributed by atoms with Crippen LogP contribution in [0.4, 0.5) is 10.5 Å². The van der Waals surface area contributed by atoms with Crippen molar-refractivity contribution >= 4 is 29.2 Å². The number of para-hydroxylation sites is 1. The summed E-state index contributed by atoms with van der Waals surface area (Å²) in [7, 11) is 0. The molecule has 0 atom stereocenters. The Balaban J connectivity index is 2.69. The van der Waals surface area contributed by atoms with Crippen LogP contribution in [-0.4, -0.2) is 30.2 Å². The van der Waals surface area contributed by atoms with E-state index in [9.17, 15) is 9.59 Å². The predicted octanol–water partition coefficient (Wildman–Crippen LogP) is 1.33.